The van der Waals surface area contributed by atoms with Crippen LogP contribution in [0.5, 0.6) is 0 Å². The summed E-state index contributed by atoms with van der Waals surface area (Å²) in [6.07, 6.45) is 3.29. The molecule has 128 valence electrons. The topological polar surface area (TPSA) is 79.2 Å². The van der Waals surface area contributed by atoms with E-state index in [2.05, 4.69) is 4.98 Å². The van der Waals surface area contributed by atoms with E-state index in [4.69, 9.17) is 11.6 Å². The van der Waals surface area contributed by atoms with E-state index in [9.17, 15) is 15.5 Å². The van der Waals surface area contributed by atoms with E-state index < -0.39 is 9.82 Å². The van der Waals surface area contributed by atoms with Crippen LogP contribution in [0.4, 0.5) is 5.00 Å². The van der Waals surface area contributed by atoms with Crippen LogP contribution in [0.3, 0.4) is 0 Å². The average molecular weight is 392 g/mol. The summed E-state index contributed by atoms with van der Waals surface area (Å²) in [7, 11) is 0. The first-order chi connectivity index (χ1) is 11.9. The Kier molecular flexibility index (Phi) is 4.12. The van der Waals surface area contributed by atoms with Gasteiger partial charge in [0.05, 0.1) is 23.3 Å². The Labute approximate surface area is 157 Å². The zero-order chi connectivity index (χ0) is 17.7. The Morgan fingerprint density at radius 3 is 2.48 bits per heavy atom. The maximum atomic E-state index is 12.4. The van der Waals surface area contributed by atoms with Crippen LogP contribution in [-0.2, 0) is 5.60 Å². The molecule has 1 N–H and O–H groups in total. The number of pyridine rings is 1. The van der Waals surface area contributed by atoms with Crippen molar-refractivity contribution in [3.8, 4) is 10.4 Å². The largest absolute Gasteiger partial charge is 0.613 e. The average Bonchev–Trinajstić information content (AvgIpc) is 3.08. The second-order valence-corrected chi connectivity index (χ2v) is 8.20. The van der Waals surface area contributed by atoms with Crippen molar-refractivity contribution >= 4 is 39.9 Å². The summed E-state index contributed by atoms with van der Waals surface area (Å²) in [6, 6.07) is 12.1. The first-order valence-electron chi connectivity index (χ1n) is 7.39. The standard InChI is InChI=1S/C17H12ClN2O3S2/c18-13-3-1-12(2-4-13)17(21)10-24-20(22,23)16-14(17)9-15(25-16)11-5-7-19-8-6-11/h1-9,21H,10H2/q-1. The van der Waals surface area contributed by atoms with Gasteiger partial charge in [-0.3, -0.25) is 9.20 Å². The molecule has 5 nitrogen and oxygen atoms in total. The van der Waals surface area contributed by atoms with Gasteiger partial charge in [0.1, 0.15) is 5.60 Å². The van der Waals surface area contributed by atoms with Crippen molar-refractivity contribution in [2.45, 2.75) is 5.60 Å². The smallest absolute Gasteiger partial charge is 0.207 e. The van der Waals surface area contributed by atoms with Crippen LogP contribution in [-0.4, -0.2) is 15.8 Å². The van der Waals surface area contributed by atoms with Crippen molar-refractivity contribution in [2.24, 2.45) is 0 Å². The highest BCUT2D eigenvalue weighted by Gasteiger charge is 2.45. The lowest BCUT2D eigenvalue weighted by Gasteiger charge is -2.48. The Morgan fingerprint density at radius 2 is 1.80 bits per heavy atom. The van der Waals surface area contributed by atoms with E-state index in [0.717, 1.165) is 21.8 Å². The Balaban J connectivity index is 1.89. The number of fused-ring (bicyclic) bond motifs is 1. The highest BCUT2D eigenvalue weighted by Crippen LogP contribution is 2.54. The molecule has 0 saturated heterocycles. The number of aromatic nitrogens is 1. The van der Waals surface area contributed by atoms with E-state index in [0.29, 0.717) is 28.1 Å². The number of hydrogen-bond acceptors (Lipinski definition) is 6. The molecule has 0 saturated carbocycles. The maximum Gasteiger partial charge on any atom is 0.207 e. The van der Waals surface area contributed by atoms with Crippen molar-refractivity contribution in [3.63, 3.8) is 0 Å². The fraction of sp³-hybridized carbons (Fsp3) is 0.118. The van der Waals surface area contributed by atoms with E-state index >= 15 is 0 Å². The summed E-state index contributed by atoms with van der Waals surface area (Å²) in [5.74, 6) is -0.0266. The molecule has 3 heterocycles. The molecule has 2 aromatic heterocycles. The number of rotatable bonds is 2. The second kappa shape index (κ2) is 6.07. The zero-order valence-electron chi connectivity index (χ0n) is 12.8. The van der Waals surface area contributed by atoms with Crippen molar-refractivity contribution in [1.82, 2.24) is 9.20 Å². The molecule has 0 bridgehead atoms. The van der Waals surface area contributed by atoms with Crippen LogP contribution in [0.1, 0.15) is 11.1 Å². The van der Waals surface area contributed by atoms with Crippen molar-refractivity contribution in [3.05, 3.63) is 81.4 Å². The van der Waals surface area contributed by atoms with Gasteiger partial charge in [-0.05, 0) is 41.5 Å². The van der Waals surface area contributed by atoms with Gasteiger partial charge in [-0.2, -0.15) is 0 Å². The SMILES string of the molecule is [O-][N+]1([O-])SCC(O)(c2ccc(Cl)cc2)c2cc(-c3ccncc3)sc21. The third-order valence-electron chi connectivity index (χ3n) is 4.14. The van der Waals surface area contributed by atoms with Gasteiger partial charge in [0.2, 0.25) is 5.00 Å². The molecule has 1 unspecified atom stereocenters. The normalized spacial score (nSPS) is 21.8. The molecule has 1 aliphatic heterocycles. The monoisotopic (exact) mass is 391 g/mol. The van der Waals surface area contributed by atoms with Gasteiger partial charge in [-0.15, -0.1) is 0 Å². The van der Waals surface area contributed by atoms with Crippen LogP contribution in [0.2, 0.25) is 5.02 Å². The van der Waals surface area contributed by atoms with Gasteiger partial charge in [-0.25, -0.2) is 0 Å². The quantitative estimate of drug-likeness (QED) is 0.390. The van der Waals surface area contributed by atoms with Gasteiger partial charge in [0.15, 0.2) is 0 Å². The molecule has 4 rings (SSSR count). The molecule has 1 aliphatic rings. The third-order valence-corrected chi connectivity index (χ3v) is 6.80. The lowest BCUT2D eigenvalue weighted by atomic mass is 9.88. The molecular formula is C17H12ClN2O3S2-. The Hall–Kier alpha value is -1.45. The van der Waals surface area contributed by atoms with E-state index in [-0.39, 0.29) is 10.8 Å². The molecule has 1 atom stereocenters. The van der Waals surface area contributed by atoms with Crippen molar-refractivity contribution in [1.29, 1.82) is 0 Å². The fourth-order valence-electron chi connectivity index (χ4n) is 2.82. The molecule has 0 aliphatic carbocycles. The van der Waals surface area contributed by atoms with E-state index in [1.54, 1.807) is 54.9 Å². The van der Waals surface area contributed by atoms with Crippen LogP contribution >= 0.6 is 34.9 Å². The Bertz CT molecular complexity index is 915. The number of thiophene rings is 1. The summed E-state index contributed by atoms with van der Waals surface area (Å²) < 4.78 is -1.80. The summed E-state index contributed by atoms with van der Waals surface area (Å²) >= 11 is 7.66. The van der Waals surface area contributed by atoms with Crippen molar-refractivity contribution < 1.29 is 5.11 Å². The molecule has 3 aromatic rings. The zero-order valence-corrected chi connectivity index (χ0v) is 15.1. The highest BCUT2D eigenvalue weighted by atomic mass is 35.5. The molecule has 25 heavy (non-hydrogen) atoms. The summed E-state index contributed by atoms with van der Waals surface area (Å²) in [5, 5.41) is 36.7. The minimum absolute atomic E-state index is 0.0266. The highest BCUT2D eigenvalue weighted by molar-refractivity contribution is 7.99. The first-order valence-corrected chi connectivity index (χ1v) is 9.53. The molecule has 0 fully saturated rings. The minimum Gasteiger partial charge on any atom is -0.613 e. The van der Waals surface area contributed by atoms with Gasteiger partial charge >= 0.3 is 0 Å². The number of benzene rings is 1. The summed E-state index contributed by atoms with van der Waals surface area (Å²) in [4.78, 5) is 4.72. The molecule has 1 aromatic carbocycles. The van der Waals surface area contributed by atoms with Crippen LogP contribution in [0.25, 0.3) is 10.4 Å². The third kappa shape index (κ3) is 2.88. The summed E-state index contributed by atoms with van der Waals surface area (Å²) in [5.41, 5.74) is 0.390. The number of aliphatic hydroxyl groups is 1. The lowest BCUT2D eigenvalue weighted by Crippen LogP contribution is -2.42. The van der Waals surface area contributed by atoms with Crippen LogP contribution in [0, 0.1) is 10.4 Å². The number of hydrogen-bond donors (Lipinski definition) is 1. The fourth-order valence-corrected chi connectivity index (χ4v) is 5.20. The molecule has 0 spiro atoms. The van der Waals surface area contributed by atoms with Crippen molar-refractivity contribution in [2.75, 3.05) is 5.75 Å². The Morgan fingerprint density at radius 1 is 1.12 bits per heavy atom. The van der Waals surface area contributed by atoms with Crippen LogP contribution < -0.4 is 4.21 Å². The van der Waals surface area contributed by atoms with Gasteiger partial charge < -0.3 is 15.5 Å². The van der Waals surface area contributed by atoms with E-state index in [1.807, 2.05) is 0 Å². The van der Waals surface area contributed by atoms with Gasteiger partial charge in [0, 0.05) is 22.3 Å². The van der Waals surface area contributed by atoms with Gasteiger partial charge in [0.25, 0.3) is 0 Å². The second-order valence-electron chi connectivity index (χ2n) is 5.70. The minimum atomic E-state index is -1.80. The van der Waals surface area contributed by atoms with E-state index in [1.165, 1.54) is 0 Å². The maximum absolute atomic E-state index is 12.4. The van der Waals surface area contributed by atoms with Gasteiger partial charge in [-0.1, -0.05) is 35.1 Å². The lowest BCUT2D eigenvalue weighted by molar-refractivity contribution is 0.105. The first kappa shape index (κ1) is 17.0. The van der Waals surface area contributed by atoms with Crippen LogP contribution in [0.15, 0.2) is 54.9 Å². The number of halogens is 1. The number of quaternary nitrogens is 1. The molecular weight excluding hydrogens is 380 g/mol. The molecule has 8 heteroatoms. The molecule has 0 amide bonds. The predicted octanol–water partition coefficient (Wildman–Crippen LogP) is 4.66. The number of nitrogens with zero attached hydrogens (tertiary/aromatic N) is 2. The summed E-state index contributed by atoms with van der Waals surface area (Å²) in [6.45, 7) is 0. The predicted molar refractivity (Wildman–Crippen MR) is 103 cm³/mol. The molecule has 0 radical (unpaired) electrons.